The van der Waals surface area contributed by atoms with Gasteiger partial charge in [0.05, 0.1) is 17.1 Å². The van der Waals surface area contributed by atoms with Gasteiger partial charge < -0.3 is 24.5 Å². The number of hydrogen-bond acceptors (Lipinski definition) is 11. The van der Waals surface area contributed by atoms with Crippen molar-refractivity contribution in [3.05, 3.63) is 349 Å². The number of rotatable bonds is 11. The van der Waals surface area contributed by atoms with Gasteiger partial charge in [0.2, 0.25) is 0 Å². The summed E-state index contributed by atoms with van der Waals surface area (Å²) in [6.45, 7) is 13.6. The lowest BCUT2D eigenvalue weighted by Crippen LogP contribution is -2.65. The molecular weight excluding hydrogens is 1500 g/mol. The minimum Gasteiger partial charge on any atom is -0.311 e. The fraction of sp³-hybridized carbons (Fsp3) is 0.0600. The summed E-state index contributed by atoms with van der Waals surface area (Å²) in [5.41, 5.74) is 34.1. The second-order valence-electron chi connectivity index (χ2n) is 31.0. The number of thiophene rings is 2. The van der Waals surface area contributed by atoms with Crippen LogP contribution in [0.25, 0.3) is 20.2 Å². The van der Waals surface area contributed by atoms with Crippen molar-refractivity contribution in [1.82, 2.24) is 0 Å². The topological polar surface area (TPSA) is 16.2 Å². The zero-order valence-electron chi connectivity index (χ0n) is 63.4. The number of aryl methyl sites for hydroxylation is 6. The molecule has 17 aromatic rings. The molecule has 6 aliphatic rings. The van der Waals surface area contributed by atoms with E-state index in [1.54, 1.807) is 0 Å². The Balaban J connectivity index is 0.835. The maximum absolute atomic E-state index is 2.75. The van der Waals surface area contributed by atoms with E-state index in [0.717, 1.165) is 51.2 Å². The van der Waals surface area contributed by atoms with Gasteiger partial charge in [0, 0.05) is 128 Å². The molecule has 0 fully saturated rings. The highest BCUT2D eigenvalue weighted by Crippen LogP contribution is 2.55. The quantitative estimate of drug-likeness (QED) is 0.117. The van der Waals surface area contributed by atoms with Crippen LogP contribution in [0.5, 0.6) is 0 Å². The Bertz CT molecular complexity index is 6350. The Labute approximate surface area is 691 Å². The van der Waals surface area contributed by atoms with Crippen LogP contribution in [-0.4, -0.2) is 20.1 Å². The fourth-order valence-corrected chi connectivity index (χ4v) is 27.6. The van der Waals surface area contributed by atoms with Gasteiger partial charge in [-0.3, -0.25) is 0 Å². The molecule has 0 spiro atoms. The molecule has 2 aromatic heterocycles. The predicted octanol–water partition coefficient (Wildman–Crippen LogP) is 23.3. The molecule has 5 nitrogen and oxygen atoms in total. The van der Waals surface area contributed by atoms with Crippen molar-refractivity contribution in [1.29, 1.82) is 0 Å². The molecule has 0 bridgehead atoms. The first-order valence-corrected chi connectivity index (χ1v) is 44.0. The van der Waals surface area contributed by atoms with Crippen LogP contribution in [0.1, 0.15) is 33.4 Å². The van der Waals surface area contributed by atoms with Crippen molar-refractivity contribution in [2.45, 2.75) is 80.7 Å². The van der Waals surface area contributed by atoms with E-state index < -0.39 is 0 Å². The van der Waals surface area contributed by atoms with Crippen LogP contribution in [0, 0.1) is 41.5 Å². The van der Waals surface area contributed by atoms with Gasteiger partial charge in [-0.1, -0.05) is 251 Å². The summed E-state index contributed by atoms with van der Waals surface area (Å²) < 4.78 is 5.49. The van der Waals surface area contributed by atoms with Crippen LogP contribution in [-0.2, 0) is 0 Å². The summed E-state index contributed by atoms with van der Waals surface area (Å²) in [7, 11) is 0. The molecule has 0 aliphatic carbocycles. The second kappa shape index (κ2) is 26.7. The monoisotopic (exact) mass is 1570 g/mol. The molecule has 114 heavy (non-hydrogen) atoms. The van der Waals surface area contributed by atoms with Crippen LogP contribution in [0.3, 0.4) is 0 Å². The van der Waals surface area contributed by atoms with Gasteiger partial charge >= 0.3 is 0 Å². The molecule has 0 amide bonds. The first-order valence-electron chi connectivity index (χ1n) is 39.1. The molecule has 0 radical (unpaired) electrons. The number of nitrogens with zero attached hydrogens (tertiary/aromatic N) is 5. The molecule has 8 heterocycles. The molecule has 0 saturated carbocycles. The fourth-order valence-electron chi connectivity index (χ4n) is 19.5. The van der Waals surface area contributed by atoms with Gasteiger partial charge in [0.1, 0.15) is 0 Å². The minimum absolute atomic E-state index is 0.0472. The van der Waals surface area contributed by atoms with Crippen molar-refractivity contribution in [2.75, 3.05) is 24.5 Å². The molecule has 540 valence electrons. The molecule has 6 aliphatic heterocycles. The third-order valence-electron chi connectivity index (χ3n) is 23.8. The zero-order chi connectivity index (χ0) is 75.9. The van der Waals surface area contributed by atoms with Gasteiger partial charge in [-0.2, -0.15) is 0 Å². The van der Waals surface area contributed by atoms with Gasteiger partial charge in [0.25, 0.3) is 20.1 Å². The Morgan fingerprint density at radius 3 is 0.877 bits per heavy atom. The first-order chi connectivity index (χ1) is 56.0. The van der Waals surface area contributed by atoms with Crippen LogP contribution in [0.15, 0.2) is 355 Å². The van der Waals surface area contributed by atoms with Crippen molar-refractivity contribution >= 4 is 243 Å². The summed E-state index contributed by atoms with van der Waals surface area (Å²) in [5.74, 6) is 0. The Morgan fingerprint density at radius 1 is 0.246 bits per heavy atom. The SMILES string of the molecule is Cc1cc(C)c(N2c3cc4c(cc3B3c5cc6c(cc5N(c5c(C)cc(C)cc5C)c5cc(N(c7ccccc7)c7ccccc7)cc2c53)Sc2cc(N(c3ccccc3)c3ccccc3)cc3c2B6c2sc5ccccc5c2S3)B2c3sc5ccccc5c3Sc3cc(N(c5ccccc5)c5ccccc5)cc(c32)S4)c(C)c1. The van der Waals surface area contributed by atoms with E-state index in [4.69, 9.17) is 0 Å². The number of benzene rings is 15. The lowest BCUT2D eigenvalue weighted by atomic mass is 9.31. The second-order valence-corrected chi connectivity index (χ2v) is 37.4. The third-order valence-corrected chi connectivity index (χ3v) is 31.2. The number of anilines is 15. The third kappa shape index (κ3) is 10.7. The molecule has 23 rings (SSSR count). The highest BCUT2D eigenvalue weighted by molar-refractivity contribution is 8.02. The van der Waals surface area contributed by atoms with Crippen LogP contribution >= 0.6 is 69.7 Å². The van der Waals surface area contributed by atoms with E-state index in [0.29, 0.717) is 0 Å². The number of para-hydroxylation sites is 6. The van der Waals surface area contributed by atoms with E-state index in [1.165, 1.54) is 175 Å². The zero-order valence-corrected chi connectivity index (χ0v) is 68.3. The smallest absolute Gasteiger partial charge is 0.259 e. The van der Waals surface area contributed by atoms with Crippen molar-refractivity contribution < 1.29 is 0 Å². The van der Waals surface area contributed by atoms with E-state index in [1.807, 2.05) is 69.7 Å². The highest BCUT2D eigenvalue weighted by atomic mass is 32.2. The first kappa shape index (κ1) is 68.4. The standard InChI is InChI=1S/C100H70B3N5S6/c1-59-45-61(3)95(62(4)46-59)107-80-57-86-78(102-93-88(109-86)51-72(105(67-33-17-9-18-34-67)68-35-19-10-20-36-68)53-90(93)111-97-74-41-25-27-43-84(74)113-99(97)102)55-76(80)101-77-56-79-87(58-81(77)108(96-63(5)47-60(2)48-64(96)6)83-50-71(49-82(107)92(83)101)104(65-29-13-7-14-30-65)66-31-15-8-16-32-66)110-89-52-73(106(69-37-21-11-22-38-69)70-39-23-12-24-40-70)54-91-94(89)103(79)100-98(112-91)75-42-26-28-44-85(75)114-100/h7-58H,1-6H3. The van der Waals surface area contributed by atoms with Crippen LogP contribution < -0.4 is 72.3 Å². The normalized spacial score (nSPS) is 13.5. The summed E-state index contributed by atoms with van der Waals surface area (Å²) >= 11 is 11.9. The van der Waals surface area contributed by atoms with Gasteiger partial charge in [-0.05, 0) is 234 Å². The molecule has 0 atom stereocenters. The van der Waals surface area contributed by atoms with Crippen molar-refractivity contribution in [3.8, 4) is 0 Å². The van der Waals surface area contributed by atoms with E-state index in [2.05, 4.69) is 381 Å². The lowest BCUT2D eigenvalue weighted by molar-refractivity contribution is 1.17. The summed E-state index contributed by atoms with van der Waals surface area (Å²) in [5, 5.41) is 2.65. The Hall–Kier alpha value is -11.2. The van der Waals surface area contributed by atoms with E-state index >= 15 is 0 Å². The predicted molar refractivity (Wildman–Crippen MR) is 495 cm³/mol. The maximum Gasteiger partial charge on any atom is 0.259 e. The van der Waals surface area contributed by atoms with E-state index in [9.17, 15) is 0 Å². The largest absolute Gasteiger partial charge is 0.311 e. The number of hydrogen-bond donors (Lipinski definition) is 0. The van der Waals surface area contributed by atoms with Gasteiger partial charge in [-0.15, -0.1) is 22.7 Å². The van der Waals surface area contributed by atoms with Gasteiger partial charge in [-0.25, -0.2) is 0 Å². The van der Waals surface area contributed by atoms with E-state index in [-0.39, 0.29) is 20.1 Å². The Morgan fingerprint density at radius 2 is 0.544 bits per heavy atom. The Kier molecular flexibility index (Phi) is 16.0. The summed E-state index contributed by atoms with van der Waals surface area (Å²) in [6, 6.07) is 120. The average molecular weight is 1570 g/mol. The summed E-state index contributed by atoms with van der Waals surface area (Å²) in [6.07, 6.45) is 0. The maximum atomic E-state index is 2.75. The van der Waals surface area contributed by atoms with Crippen LogP contribution in [0.4, 0.5) is 85.3 Å². The molecular formula is C100H70B3N5S6. The summed E-state index contributed by atoms with van der Waals surface area (Å²) in [4.78, 5) is 23.4. The lowest BCUT2D eigenvalue weighted by Gasteiger charge is -2.47. The molecule has 0 N–H and O–H groups in total. The average Bonchev–Trinajstić information content (AvgIpc) is 0.770. The van der Waals surface area contributed by atoms with Crippen molar-refractivity contribution in [2.24, 2.45) is 0 Å². The minimum atomic E-state index is -0.243. The molecule has 15 aromatic carbocycles. The number of fused-ring (bicyclic) bond motifs is 16. The van der Waals surface area contributed by atoms with Crippen LogP contribution in [0.2, 0.25) is 0 Å². The van der Waals surface area contributed by atoms with Gasteiger partial charge in [0.15, 0.2) is 0 Å². The highest BCUT2D eigenvalue weighted by Gasteiger charge is 2.51. The van der Waals surface area contributed by atoms with Crippen molar-refractivity contribution in [3.63, 3.8) is 0 Å². The molecule has 14 heteroatoms. The molecule has 0 saturated heterocycles. The molecule has 0 unspecified atom stereocenters.